The number of aliphatic hydroxyl groups excluding tert-OH is 2. The topological polar surface area (TPSA) is 118 Å². The van der Waals surface area contributed by atoms with Gasteiger partial charge in [0, 0.05) is 12.1 Å². The highest BCUT2D eigenvalue weighted by Gasteiger charge is 2.34. The molecular weight excluding hydrogens is 278 g/mol. The van der Waals surface area contributed by atoms with Crippen LogP contribution in [-0.4, -0.2) is 44.4 Å². The van der Waals surface area contributed by atoms with E-state index in [0.717, 1.165) is 12.8 Å². The zero-order chi connectivity index (χ0) is 15.6. The van der Waals surface area contributed by atoms with E-state index < -0.39 is 29.6 Å². The number of hydrogen-bond donors (Lipinski definition) is 3. The lowest BCUT2D eigenvalue weighted by atomic mass is 9.98. The Morgan fingerprint density at radius 3 is 2.57 bits per heavy atom. The molecule has 0 aliphatic heterocycles. The second kappa shape index (κ2) is 5.82. The number of rotatable bonds is 7. The Kier molecular flexibility index (Phi) is 4.29. The molecule has 1 fully saturated rings. The minimum Gasteiger partial charge on any atom is -0.394 e. The third-order valence-corrected chi connectivity index (χ3v) is 3.88. The van der Waals surface area contributed by atoms with Gasteiger partial charge in [-0.05, 0) is 19.3 Å². The molecule has 1 aliphatic carbocycles. The molecule has 1 aromatic rings. The van der Waals surface area contributed by atoms with Crippen molar-refractivity contribution in [2.45, 2.75) is 37.8 Å². The lowest BCUT2D eigenvalue weighted by molar-refractivity contribution is -0.384. The molecule has 0 atom stereocenters. The molecule has 1 saturated carbocycles. The number of aromatic nitrogens is 1. The molecule has 8 heteroatoms. The van der Waals surface area contributed by atoms with E-state index in [1.807, 2.05) is 0 Å². The molecule has 1 amide bonds. The lowest BCUT2D eigenvalue weighted by Gasteiger charge is -2.29. The van der Waals surface area contributed by atoms with Gasteiger partial charge in [-0.15, -0.1) is 0 Å². The SMILES string of the molecule is CCC(CO)(CO)NC(=O)c1cc([N+](=O)[O-])cn1C1CC1. The van der Waals surface area contributed by atoms with E-state index in [4.69, 9.17) is 0 Å². The Labute approximate surface area is 121 Å². The van der Waals surface area contributed by atoms with Crippen LogP contribution in [0.3, 0.4) is 0 Å². The van der Waals surface area contributed by atoms with Gasteiger partial charge in [-0.25, -0.2) is 0 Å². The molecule has 3 N–H and O–H groups in total. The Morgan fingerprint density at radius 1 is 1.52 bits per heavy atom. The van der Waals surface area contributed by atoms with Crippen LogP contribution < -0.4 is 5.32 Å². The van der Waals surface area contributed by atoms with Crippen LogP contribution in [0.25, 0.3) is 0 Å². The lowest BCUT2D eigenvalue weighted by Crippen LogP contribution is -2.54. The zero-order valence-corrected chi connectivity index (χ0v) is 11.8. The van der Waals surface area contributed by atoms with Gasteiger partial charge in [-0.2, -0.15) is 0 Å². The minimum absolute atomic E-state index is 0.110. The van der Waals surface area contributed by atoms with E-state index >= 15 is 0 Å². The van der Waals surface area contributed by atoms with E-state index in [0.29, 0.717) is 6.42 Å². The predicted octanol–water partition coefficient (Wildman–Crippen LogP) is 0.594. The van der Waals surface area contributed by atoms with E-state index in [-0.39, 0.29) is 17.4 Å². The first-order chi connectivity index (χ1) is 9.96. The third kappa shape index (κ3) is 3.06. The maximum atomic E-state index is 12.3. The fraction of sp³-hybridized carbons (Fsp3) is 0.615. The number of nitro groups is 1. The summed E-state index contributed by atoms with van der Waals surface area (Å²) in [6.07, 6.45) is 3.46. The molecule has 116 valence electrons. The molecular formula is C13H19N3O5. The van der Waals surface area contributed by atoms with Gasteiger partial charge in [-0.3, -0.25) is 14.9 Å². The number of hydrogen-bond acceptors (Lipinski definition) is 5. The number of carbonyl (C=O) groups is 1. The molecule has 1 aliphatic rings. The summed E-state index contributed by atoms with van der Waals surface area (Å²) in [6.45, 7) is 0.922. The highest BCUT2D eigenvalue weighted by Crippen LogP contribution is 2.38. The summed E-state index contributed by atoms with van der Waals surface area (Å²) in [6, 6.07) is 1.33. The van der Waals surface area contributed by atoms with E-state index in [1.165, 1.54) is 12.3 Å². The van der Waals surface area contributed by atoms with Gasteiger partial charge >= 0.3 is 0 Å². The molecule has 8 nitrogen and oxygen atoms in total. The number of nitrogens with one attached hydrogen (secondary N) is 1. The van der Waals surface area contributed by atoms with Gasteiger partial charge in [-0.1, -0.05) is 6.92 Å². The van der Waals surface area contributed by atoms with Crippen molar-refractivity contribution < 1.29 is 19.9 Å². The number of nitrogens with zero attached hydrogens (tertiary/aromatic N) is 2. The van der Waals surface area contributed by atoms with Crippen molar-refractivity contribution in [3.8, 4) is 0 Å². The van der Waals surface area contributed by atoms with Crippen molar-refractivity contribution in [2.24, 2.45) is 0 Å². The molecule has 0 spiro atoms. The molecule has 2 rings (SSSR count). The van der Waals surface area contributed by atoms with Crippen LogP contribution in [0.4, 0.5) is 5.69 Å². The van der Waals surface area contributed by atoms with Gasteiger partial charge in [0.15, 0.2) is 0 Å². The predicted molar refractivity (Wildman–Crippen MR) is 74.0 cm³/mol. The van der Waals surface area contributed by atoms with E-state index in [2.05, 4.69) is 5.32 Å². The maximum Gasteiger partial charge on any atom is 0.287 e. The first-order valence-electron chi connectivity index (χ1n) is 6.87. The monoisotopic (exact) mass is 297 g/mol. The highest BCUT2D eigenvalue weighted by molar-refractivity contribution is 5.94. The summed E-state index contributed by atoms with van der Waals surface area (Å²) >= 11 is 0. The fourth-order valence-electron chi connectivity index (χ4n) is 2.15. The zero-order valence-electron chi connectivity index (χ0n) is 11.8. The molecule has 0 saturated heterocycles. The second-order valence-corrected chi connectivity index (χ2v) is 5.38. The molecule has 0 aromatic carbocycles. The Morgan fingerprint density at radius 2 is 2.14 bits per heavy atom. The van der Waals surface area contributed by atoms with Crippen molar-refractivity contribution in [1.29, 1.82) is 0 Å². The van der Waals surface area contributed by atoms with Crippen molar-refractivity contribution >= 4 is 11.6 Å². The summed E-state index contributed by atoms with van der Waals surface area (Å²) in [5.74, 6) is -0.528. The molecule has 1 heterocycles. The van der Waals surface area contributed by atoms with E-state index in [1.54, 1.807) is 11.5 Å². The fourth-order valence-corrected chi connectivity index (χ4v) is 2.15. The van der Waals surface area contributed by atoms with Crippen LogP contribution in [0.2, 0.25) is 0 Å². The van der Waals surface area contributed by atoms with Crippen LogP contribution in [0, 0.1) is 10.1 Å². The summed E-state index contributed by atoms with van der Waals surface area (Å²) in [5, 5.41) is 32.2. The molecule has 0 unspecified atom stereocenters. The van der Waals surface area contributed by atoms with Gasteiger partial charge < -0.3 is 20.1 Å². The normalized spacial score (nSPS) is 15.0. The van der Waals surface area contributed by atoms with Gasteiger partial charge in [0.2, 0.25) is 0 Å². The van der Waals surface area contributed by atoms with Gasteiger partial charge in [0.25, 0.3) is 11.6 Å². The largest absolute Gasteiger partial charge is 0.394 e. The van der Waals surface area contributed by atoms with Crippen molar-refractivity contribution in [3.63, 3.8) is 0 Å². The first-order valence-corrected chi connectivity index (χ1v) is 6.87. The van der Waals surface area contributed by atoms with Gasteiger partial charge in [0.1, 0.15) is 5.69 Å². The summed E-state index contributed by atoms with van der Waals surface area (Å²) in [4.78, 5) is 22.7. The summed E-state index contributed by atoms with van der Waals surface area (Å²) < 4.78 is 1.60. The standard InChI is InChI=1S/C13H19N3O5/c1-2-13(7-17,8-18)14-12(19)11-5-10(16(20)21)6-15(11)9-3-4-9/h5-6,9,17-18H,2-4,7-8H2,1H3,(H,14,19). The highest BCUT2D eigenvalue weighted by atomic mass is 16.6. The number of amides is 1. The maximum absolute atomic E-state index is 12.3. The quantitative estimate of drug-likeness (QED) is 0.503. The Balaban J connectivity index is 2.28. The summed E-state index contributed by atoms with van der Waals surface area (Å²) in [5.41, 5.74) is -1.07. The second-order valence-electron chi connectivity index (χ2n) is 5.38. The summed E-state index contributed by atoms with van der Waals surface area (Å²) in [7, 11) is 0. The smallest absolute Gasteiger partial charge is 0.287 e. The molecule has 0 bridgehead atoms. The van der Waals surface area contributed by atoms with Crippen LogP contribution in [-0.2, 0) is 0 Å². The van der Waals surface area contributed by atoms with Crippen molar-refractivity contribution in [3.05, 3.63) is 28.1 Å². The van der Waals surface area contributed by atoms with Crippen LogP contribution in [0.1, 0.15) is 42.7 Å². The molecule has 0 radical (unpaired) electrons. The average molecular weight is 297 g/mol. The van der Waals surface area contributed by atoms with Crippen molar-refractivity contribution in [2.75, 3.05) is 13.2 Å². The minimum atomic E-state index is -1.12. The number of carbonyl (C=O) groups excluding carboxylic acids is 1. The Bertz CT molecular complexity index is 538. The number of aliphatic hydroxyl groups is 2. The van der Waals surface area contributed by atoms with Crippen LogP contribution in [0.5, 0.6) is 0 Å². The van der Waals surface area contributed by atoms with Crippen molar-refractivity contribution in [1.82, 2.24) is 9.88 Å². The molecule has 21 heavy (non-hydrogen) atoms. The third-order valence-electron chi connectivity index (χ3n) is 3.88. The molecule has 1 aromatic heterocycles. The van der Waals surface area contributed by atoms with Crippen LogP contribution in [0.15, 0.2) is 12.3 Å². The van der Waals surface area contributed by atoms with E-state index in [9.17, 15) is 25.1 Å². The first kappa shape index (κ1) is 15.5. The average Bonchev–Trinajstić information content (AvgIpc) is 3.22. The Hall–Kier alpha value is -1.93. The van der Waals surface area contributed by atoms with Crippen LogP contribution >= 0.6 is 0 Å². The van der Waals surface area contributed by atoms with Gasteiger partial charge in [0.05, 0.1) is 29.9 Å².